The fourth-order valence-corrected chi connectivity index (χ4v) is 1.29. The maximum absolute atomic E-state index is 9.75. The van der Waals surface area contributed by atoms with Gasteiger partial charge in [0, 0.05) is 0 Å². The van der Waals surface area contributed by atoms with Gasteiger partial charge in [-0.2, -0.15) is 0 Å². The van der Waals surface area contributed by atoms with E-state index in [9.17, 15) is 17.3 Å². The smallest absolute Gasteiger partial charge is 0.418 e. The second kappa shape index (κ2) is 7.09. The highest BCUT2D eigenvalue weighted by Crippen LogP contribution is 2.11. The highest BCUT2D eigenvalue weighted by molar-refractivity contribution is 6.50. The molecular weight excluding hydrogens is 233 g/mol. The molecule has 1 aromatic carbocycles. The molecule has 17 heavy (non-hydrogen) atoms. The molecule has 0 fully saturated rings. The summed E-state index contributed by atoms with van der Waals surface area (Å²) in [5, 5.41) is 0. The Balaban J connectivity index is 0.000000437. The van der Waals surface area contributed by atoms with Gasteiger partial charge in [-0.05, 0) is 12.5 Å². The van der Waals surface area contributed by atoms with E-state index in [-0.39, 0.29) is 0 Å². The van der Waals surface area contributed by atoms with Crippen molar-refractivity contribution in [3.05, 3.63) is 35.9 Å². The van der Waals surface area contributed by atoms with Crippen molar-refractivity contribution in [1.29, 1.82) is 0 Å². The zero-order chi connectivity index (χ0) is 13.5. The van der Waals surface area contributed by atoms with Crippen LogP contribution in [-0.4, -0.2) is 32.1 Å². The van der Waals surface area contributed by atoms with E-state index >= 15 is 0 Å². The predicted molar refractivity (Wildman–Crippen MR) is 63.2 cm³/mol. The standard InChI is InChI=1S/C11H16N.BF4/c1-10(9-12(2)3)11-7-5-4-6-8-11;2-1(3,4)5/h4-10H,1-3H3;/q+1;-1. The first-order chi connectivity index (χ1) is 7.70. The van der Waals surface area contributed by atoms with Crippen molar-refractivity contribution in [2.24, 2.45) is 0 Å². The predicted octanol–water partition coefficient (Wildman–Crippen LogP) is 3.43. The van der Waals surface area contributed by atoms with Crippen LogP contribution in [0.25, 0.3) is 0 Å². The van der Waals surface area contributed by atoms with E-state index in [0.717, 1.165) is 0 Å². The van der Waals surface area contributed by atoms with Gasteiger partial charge in [0.1, 0.15) is 20.3 Å². The van der Waals surface area contributed by atoms with Crippen molar-refractivity contribution in [1.82, 2.24) is 0 Å². The molecule has 0 aromatic heterocycles. The molecule has 1 atom stereocenters. The van der Waals surface area contributed by atoms with Crippen LogP contribution < -0.4 is 0 Å². The molecule has 6 heteroatoms. The number of hydrogen-bond donors (Lipinski definition) is 0. The van der Waals surface area contributed by atoms with Crippen molar-refractivity contribution in [3.63, 3.8) is 0 Å². The van der Waals surface area contributed by atoms with Gasteiger partial charge in [-0.3, -0.25) is 0 Å². The monoisotopic (exact) mass is 249 g/mol. The van der Waals surface area contributed by atoms with Crippen LogP contribution in [0.1, 0.15) is 18.4 Å². The molecule has 0 spiro atoms. The Morgan fingerprint density at radius 1 is 1.06 bits per heavy atom. The Bertz CT molecular complexity index is 338. The Morgan fingerprint density at radius 2 is 1.47 bits per heavy atom. The molecule has 0 aliphatic rings. The third-order valence-electron chi connectivity index (χ3n) is 1.85. The van der Waals surface area contributed by atoms with Gasteiger partial charge in [0.25, 0.3) is 0 Å². The Morgan fingerprint density at radius 3 is 1.82 bits per heavy atom. The minimum absolute atomic E-state index is 0.501. The van der Waals surface area contributed by atoms with E-state index in [1.54, 1.807) is 0 Å². The van der Waals surface area contributed by atoms with E-state index in [1.807, 2.05) is 6.07 Å². The fraction of sp³-hybridized carbons (Fsp3) is 0.364. The molecule has 0 bridgehead atoms. The number of hydrogen-bond acceptors (Lipinski definition) is 0. The first-order valence-corrected chi connectivity index (χ1v) is 5.14. The number of halogens is 4. The highest BCUT2D eigenvalue weighted by Gasteiger charge is 2.20. The molecule has 0 aliphatic heterocycles. The summed E-state index contributed by atoms with van der Waals surface area (Å²) in [5.74, 6) is 0.501. The van der Waals surface area contributed by atoms with Crippen LogP contribution in [-0.2, 0) is 0 Å². The average molecular weight is 249 g/mol. The highest BCUT2D eigenvalue weighted by atomic mass is 19.5. The molecule has 1 aromatic rings. The summed E-state index contributed by atoms with van der Waals surface area (Å²) in [7, 11) is -1.89. The van der Waals surface area contributed by atoms with Gasteiger partial charge in [-0.25, -0.2) is 4.58 Å². The lowest BCUT2D eigenvalue weighted by Crippen LogP contribution is -2.05. The van der Waals surface area contributed by atoms with Crippen LogP contribution in [0, 0.1) is 0 Å². The zero-order valence-corrected chi connectivity index (χ0v) is 10.1. The normalized spacial score (nSPS) is 12.2. The van der Waals surface area contributed by atoms with Crippen molar-refractivity contribution in [2.75, 3.05) is 14.1 Å². The van der Waals surface area contributed by atoms with Crippen molar-refractivity contribution in [2.45, 2.75) is 12.8 Å². The summed E-state index contributed by atoms with van der Waals surface area (Å²) in [4.78, 5) is 0. The molecule has 0 radical (unpaired) electrons. The minimum Gasteiger partial charge on any atom is -0.418 e. The van der Waals surface area contributed by atoms with Gasteiger partial charge >= 0.3 is 7.25 Å². The molecule has 0 aliphatic carbocycles. The maximum atomic E-state index is 9.75. The molecule has 0 N–H and O–H groups in total. The van der Waals surface area contributed by atoms with Gasteiger partial charge < -0.3 is 17.3 Å². The summed E-state index contributed by atoms with van der Waals surface area (Å²) >= 11 is 0. The van der Waals surface area contributed by atoms with Crippen LogP contribution in [0.15, 0.2) is 30.3 Å². The molecule has 1 unspecified atom stereocenters. The number of nitrogens with zero attached hydrogens (tertiary/aromatic N) is 1. The van der Waals surface area contributed by atoms with E-state index in [0.29, 0.717) is 5.92 Å². The second-order valence-corrected chi connectivity index (χ2v) is 3.81. The largest absolute Gasteiger partial charge is 0.673 e. The van der Waals surface area contributed by atoms with Crippen LogP contribution in [0.2, 0.25) is 0 Å². The zero-order valence-electron chi connectivity index (χ0n) is 10.1. The van der Waals surface area contributed by atoms with Crippen LogP contribution in [0.5, 0.6) is 0 Å². The number of rotatable bonds is 2. The van der Waals surface area contributed by atoms with Crippen LogP contribution >= 0.6 is 0 Å². The van der Waals surface area contributed by atoms with Gasteiger partial charge in [0.15, 0.2) is 0 Å². The van der Waals surface area contributed by atoms with Crippen LogP contribution in [0.4, 0.5) is 17.3 Å². The van der Waals surface area contributed by atoms with E-state index in [4.69, 9.17) is 0 Å². The minimum atomic E-state index is -6.00. The third-order valence-corrected chi connectivity index (χ3v) is 1.85. The molecule has 0 saturated heterocycles. The number of benzene rings is 1. The van der Waals surface area contributed by atoms with Crippen molar-refractivity contribution in [3.8, 4) is 0 Å². The molecule has 0 saturated carbocycles. The maximum Gasteiger partial charge on any atom is 0.673 e. The average Bonchev–Trinajstić information content (AvgIpc) is 2.15. The lowest BCUT2D eigenvalue weighted by molar-refractivity contribution is -0.460. The van der Waals surface area contributed by atoms with E-state index in [2.05, 4.69) is 56.1 Å². The molecular formula is C11H16BF4N. The summed E-state index contributed by atoms with van der Waals surface area (Å²) in [6, 6.07) is 10.5. The summed E-state index contributed by atoms with van der Waals surface area (Å²) < 4.78 is 41.1. The summed E-state index contributed by atoms with van der Waals surface area (Å²) in [6.45, 7) is 2.20. The van der Waals surface area contributed by atoms with E-state index in [1.165, 1.54) is 5.56 Å². The molecule has 96 valence electrons. The third kappa shape index (κ3) is 10.9. The lowest BCUT2D eigenvalue weighted by Gasteiger charge is -2.02. The molecule has 1 nitrogen and oxygen atoms in total. The van der Waals surface area contributed by atoms with Crippen LogP contribution in [0.3, 0.4) is 0 Å². The molecule has 1 rings (SSSR count). The summed E-state index contributed by atoms with van der Waals surface area (Å²) in [6.07, 6.45) is 2.20. The fourth-order valence-electron chi connectivity index (χ4n) is 1.29. The molecule has 0 amide bonds. The first kappa shape index (κ1) is 15.7. The lowest BCUT2D eigenvalue weighted by atomic mass is 10.0. The first-order valence-electron chi connectivity index (χ1n) is 5.14. The topological polar surface area (TPSA) is 3.01 Å². The van der Waals surface area contributed by atoms with Gasteiger partial charge in [0.05, 0.1) is 5.92 Å². The Kier molecular flexibility index (Phi) is 6.54. The quantitative estimate of drug-likeness (QED) is 0.327. The second-order valence-electron chi connectivity index (χ2n) is 3.81. The molecule has 0 heterocycles. The van der Waals surface area contributed by atoms with Crippen molar-refractivity contribution >= 4 is 13.5 Å². The van der Waals surface area contributed by atoms with Gasteiger partial charge in [0.2, 0.25) is 0 Å². The van der Waals surface area contributed by atoms with E-state index < -0.39 is 7.25 Å². The van der Waals surface area contributed by atoms with Gasteiger partial charge in [-0.15, -0.1) is 0 Å². The Hall–Kier alpha value is -1.33. The van der Waals surface area contributed by atoms with Gasteiger partial charge in [-0.1, -0.05) is 30.3 Å². The SMILES string of the molecule is CC(C=[N+](C)C)c1ccccc1.F[B-](F)(F)F. The Labute approximate surface area is 98.9 Å². The summed E-state index contributed by atoms with van der Waals surface area (Å²) in [5.41, 5.74) is 1.37. The van der Waals surface area contributed by atoms with Crippen molar-refractivity contribution < 1.29 is 21.8 Å².